The summed E-state index contributed by atoms with van der Waals surface area (Å²) in [5, 5.41) is 9.91. The van der Waals surface area contributed by atoms with Gasteiger partial charge < -0.3 is 15.6 Å². The van der Waals surface area contributed by atoms with Gasteiger partial charge in [-0.25, -0.2) is 0 Å². The van der Waals surface area contributed by atoms with Crippen LogP contribution in [0.1, 0.15) is 39.0 Å². The van der Waals surface area contributed by atoms with Crippen LogP contribution in [0.4, 0.5) is 0 Å². The molecule has 1 aliphatic carbocycles. The van der Waals surface area contributed by atoms with Crippen molar-refractivity contribution in [1.82, 2.24) is 0 Å². The van der Waals surface area contributed by atoms with Crippen molar-refractivity contribution in [3.8, 4) is 0 Å². The SMILES string of the molecule is CCOC(=O)[C@@H](N)[C@@H](O)C1CCCCC1.Cl. The van der Waals surface area contributed by atoms with Crippen molar-refractivity contribution in [3.63, 3.8) is 0 Å². The quantitative estimate of drug-likeness (QED) is 0.738. The van der Waals surface area contributed by atoms with Crippen LogP contribution in [0.25, 0.3) is 0 Å². The number of halogens is 1. The van der Waals surface area contributed by atoms with E-state index in [1.165, 1.54) is 6.42 Å². The zero-order valence-electron chi connectivity index (χ0n) is 9.72. The molecular formula is C11H22ClNO3. The van der Waals surface area contributed by atoms with Crippen LogP contribution >= 0.6 is 12.4 Å². The van der Waals surface area contributed by atoms with Crippen molar-refractivity contribution in [2.24, 2.45) is 11.7 Å². The minimum absolute atomic E-state index is 0. The fourth-order valence-corrected chi connectivity index (χ4v) is 2.15. The number of esters is 1. The Labute approximate surface area is 103 Å². The fourth-order valence-electron chi connectivity index (χ4n) is 2.15. The molecule has 0 unspecified atom stereocenters. The molecule has 0 aliphatic heterocycles. The molecule has 5 heteroatoms. The number of carbonyl (C=O) groups is 1. The van der Waals surface area contributed by atoms with Gasteiger partial charge in [0.05, 0.1) is 12.7 Å². The molecule has 96 valence electrons. The molecule has 0 spiro atoms. The highest BCUT2D eigenvalue weighted by Crippen LogP contribution is 2.27. The van der Waals surface area contributed by atoms with E-state index in [1.54, 1.807) is 6.92 Å². The lowest BCUT2D eigenvalue weighted by Gasteiger charge is -2.29. The molecule has 0 heterocycles. The summed E-state index contributed by atoms with van der Waals surface area (Å²) in [5.41, 5.74) is 5.65. The molecule has 0 saturated heterocycles. The highest BCUT2D eigenvalue weighted by atomic mass is 35.5. The third-order valence-electron chi connectivity index (χ3n) is 3.06. The summed E-state index contributed by atoms with van der Waals surface area (Å²) in [6, 6.07) is -0.881. The van der Waals surface area contributed by atoms with E-state index in [4.69, 9.17) is 10.5 Å². The van der Waals surface area contributed by atoms with Crippen LogP contribution in [0.15, 0.2) is 0 Å². The molecule has 3 N–H and O–H groups in total. The molecule has 1 saturated carbocycles. The van der Waals surface area contributed by atoms with Crippen LogP contribution in [-0.2, 0) is 9.53 Å². The van der Waals surface area contributed by atoms with Crippen LogP contribution < -0.4 is 5.73 Å². The van der Waals surface area contributed by atoms with Gasteiger partial charge in [-0.3, -0.25) is 4.79 Å². The number of aliphatic hydroxyl groups excluding tert-OH is 1. The van der Waals surface area contributed by atoms with Gasteiger partial charge in [-0.2, -0.15) is 0 Å². The Morgan fingerprint density at radius 3 is 2.50 bits per heavy atom. The number of ether oxygens (including phenoxy) is 1. The number of rotatable bonds is 4. The molecule has 4 nitrogen and oxygen atoms in total. The minimum atomic E-state index is -0.881. The zero-order chi connectivity index (χ0) is 11.3. The summed E-state index contributed by atoms with van der Waals surface area (Å²) in [7, 11) is 0. The topological polar surface area (TPSA) is 72.5 Å². The van der Waals surface area contributed by atoms with E-state index in [0.717, 1.165) is 25.7 Å². The lowest BCUT2D eigenvalue weighted by molar-refractivity contribution is -0.148. The molecule has 0 aromatic heterocycles. The Morgan fingerprint density at radius 2 is 2.00 bits per heavy atom. The van der Waals surface area contributed by atoms with Gasteiger partial charge in [0, 0.05) is 0 Å². The maximum atomic E-state index is 11.3. The lowest BCUT2D eigenvalue weighted by atomic mass is 9.83. The number of hydrogen-bond donors (Lipinski definition) is 2. The molecular weight excluding hydrogens is 230 g/mol. The summed E-state index contributed by atoms with van der Waals surface area (Å²) < 4.78 is 4.79. The Balaban J connectivity index is 0.00000225. The van der Waals surface area contributed by atoms with Gasteiger partial charge >= 0.3 is 5.97 Å². The second-order valence-electron chi connectivity index (χ2n) is 4.17. The summed E-state index contributed by atoms with van der Waals surface area (Å²) in [5.74, 6) is -0.325. The molecule has 1 rings (SSSR count). The Kier molecular flexibility index (Phi) is 7.72. The van der Waals surface area contributed by atoms with E-state index in [-0.39, 0.29) is 18.3 Å². The highest BCUT2D eigenvalue weighted by molar-refractivity contribution is 5.85. The standard InChI is InChI=1S/C11H21NO3.ClH/c1-2-15-11(14)9(12)10(13)8-6-4-3-5-7-8;/h8-10,13H,2-7,12H2,1H3;1H/t9-,10-;/m0./s1. The van der Waals surface area contributed by atoms with E-state index < -0.39 is 18.1 Å². The normalized spacial score (nSPS) is 20.7. The average Bonchev–Trinajstić information content (AvgIpc) is 2.28. The fraction of sp³-hybridized carbons (Fsp3) is 0.909. The lowest BCUT2D eigenvalue weighted by Crippen LogP contribution is -2.47. The summed E-state index contributed by atoms with van der Waals surface area (Å²) in [6.07, 6.45) is 4.65. The third kappa shape index (κ3) is 4.28. The van der Waals surface area contributed by atoms with Crippen LogP contribution in [-0.4, -0.2) is 29.8 Å². The minimum Gasteiger partial charge on any atom is -0.465 e. The Bertz CT molecular complexity index is 207. The molecule has 1 aliphatic rings. The summed E-state index contributed by atoms with van der Waals surface area (Å²) in [4.78, 5) is 11.3. The van der Waals surface area contributed by atoms with Crippen LogP contribution in [0, 0.1) is 5.92 Å². The van der Waals surface area contributed by atoms with Gasteiger partial charge in [-0.1, -0.05) is 19.3 Å². The third-order valence-corrected chi connectivity index (χ3v) is 3.06. The predicted molar refractivity (Wildman–Crippen MR) is 64.4 cm³/mol. The molecule has 16 heavy (non-hydrogen) atoms. The molecule has 0 amide bonds. The second-order valence-corrected chi connectivity index (χ2v) is 4.17. The molecule has 0 bridgehead atoms. The van der Waals surface area contributed by atoms with Crippen molar-refractivity contribution in [3.05, 3.63) is 0 Å². The van der Waals surface area contributed by atoms with Crippen molar-refractivity contribution in [2.75, 3.05) is 6.61 Å². The number of carbonyl (C=O) groups excluding carboxylic acids is 1. The van der Waals surface area contributed by atoms with Gasteiger partial charge in [0.15, 0.2) is 0 Å². The predicted octanol–water partition coefficient (Wildman–Crippen LogP) is 1.24. The van der Waals surface area contributed by atoms with Gasteiger partial charge in [0.2, 0.25) is 0 Å². The molecule has 0 aromatic rings. The first-order valence-electron chi connectivity index (χ1n) is 5.77. The first-order chi connectivity index (χ1) is 7.16. The first kappa shape index (κ1) is 15.7. The summed E-state index contributed by atoms with van der Waals surface area (Å²) in [6.45, 7) is 2.04. The van der Waals surface area contributed by atoms with E-state index in [9.17, 15) is 9.90 Å². The molecule has 0 radical (unpaired) electrons. The van der Waals surface area contributed by atoms with Gasteiger partial charge in [-0.05, 0) is 25.7 Å². The van der Waals surface area contributed by atoms with Crippen LogP contribution in [0.5, 0.6) is 0 Å². The Hall–Kier alpha value is -0.320. The van der Waals surface area contributed by atoms with Crippen molar-refractivity contribution >= 4 is 18.4 Å². The monoisotopic (exact) mass is 251 g/mol. The van der Waals surface area contributed by atoms with Crippen molar-refractivity contribution < 1.29 is 14.6 Å². The van der Waals surface area contributed by atoms with Gasteiger partial charge in [-0.15, -0.1) is 12.4 Å². The maximum absolute atomic E-state index is 11.3. The van der Waals surface area contributed by atoms with Gasteiger partial charge in [0.1, 0.15) is 6.04 Å². The van der Waals surface area contributed by atoms with E-state index in [2.05, 4.69) is 0 Å². The smallest absolute Gasteiger partial charge is 0.325 e. The largest absolute Gasteiger partial charge is 0.465 e. The van der Waals surface area contributed by atoms with E-state index in [0.29, 0.717) is 6.61 Å². The molecule has 1 fully saturated rings. The van der Waals surface area contributed by atoms with Crippen LogP contribution in [0.3, 0.4) is 0 Å². The van der Waals surface area contributed by atoms with Crippen LogP contribution in [0.2, 0.25) is 0 Å². The van der Waals surface area contributed by atoms with Gasteiger partial charge in [0.25, 0.3) is 0 Å². The Morgan fingerprint density at radius 1 is 1.44 bits per heavy atom. The first-order valence-corrected chi connectivity index (χ1v) is 5.77. The molecule has 0 aromatic carbocycles. The molecule has 2 atom stereocenters. The average molecular weight is 252 g/mol. The number of hydrogen-bond acceptors (Lipinski definition) is 4. The summed E-state index contributed by atoms with van der Waals surface area (Å²) >= 11 is 0. The van der Waals surface area contributed by atoms with E-state index in [1.807, 2.05) is 0 Å². The van der Waals surface area contributed by atoms with Crippen molar-refractivity contribution in [2.45, 2.75) is 51.2 Å². The van der Waals surface area contributed by atoms with E-state index >= 15 is 0 Å². The zero-order valence-corrected chi connectivity index (χ0v) is 10.5. The second kappa shape index (κ2) is 7.87. The highest BCUT2D eigenvalue weighted by Gasteiger charge is 2.31. The number of nitrogens with two attached hydrogens (primary N) is 1. The maximum Gasteiger partial charge on any atom is 0.325 e. The number of aliphatic hydroxyl groups is 1. The van der Waals surface area contributed by atoms with Crippen molar-refractivity contribution in [1.29, 1.82) is 0 Å².